The van der Waals surface area contributed by atoms with Crippen molar-refractivity contribution in [1.29, 1.82) is 0 Å². The predicted octanol–water partition coefficient (Wildman–Crippen LogP) is 2.62. The van der Waals surface area contributed by atoms with Crippen LogP contribution < -0.4 is 11.1 Å². The van der Waals surface area contributed by atoms with Crippen LogP contribution in [0.2, 0.25) is 0 Å². The maximum Gasteiger partial charge on any atom is 0.223 e. The summed E-state index contributed by atoms with van der Waals surface area (Å²) in [6.45, 7) is 4.56. The summed E-state index contributed by atoms with van der Waals surface area (Å²) in [6, 6.07) is 3.31. The van der Waals surface area contributed by atoms with E-state index in [1.807, 2.05) is 0 Å². The average Bonchev–Trinajstić information content (AvgIpc) is 3.02. The van der Waals surface area contributed by atoms with Crippen LogP contribution in [0.1, 0.15) is 30.6 Å². The minimum atomic E-state index is 0.366. The van der Waals surface area contributed by atoms with E-state index in [1.54, 1.807) is 11.3 Å². The van der Waals surface area contributed by atoms with Crippen molar-refractivity contribution in [3.05, 3.63) is 10.9 Å². The van der Waals surface area contributed by atoms with Crippen LogP contribution in [0.4, 0.5) is 11.8 Å². The molecule has 2 aliphatic rings. The van der Waals surface area contributed by atoms with Gasteiger partial charge in [0.2, 0.25) is 5.95 Å². The molecule has 0 spiro atoms. The van der Waals surface area contributed by atoms with Gasteiger partial charge in [0, 0.05) is 23.5 Å². The number of thiophene rings is 1. The molecule has 6 heteroatoms. The van der Waals surface area contributed by atoms with E-state index in [-0.39, 0.29) is 0 Å². The van der Waals surface area contributed by atoms with Crippen molar-refractivity contribution >= 4 is 33.3 Å². The fourth-order valence-electron chi connectivity index (χ4n) is 3.76. The van der Waals surface area contributed by atoms with Crippen LogP contribution in [0.15, 0.2) is 6.07 Å². The zero-order valence-electron chi connectivity index (χ0n) is 12.3. The van der Waals surface area contributed by atoms with E-state index in [0.717, 1.165) is 16.0 Å². The first-order valence-electron chi connectivity index (χ1n) is 7.75. The predicted molar refractivity (Wildman–Crippen MR) is 87.8 cm³/mol. The zero-order chi connectivity index (χ0) is 14.4. The highest BCUT2D eigenvalue weighted by molar-refractivity contribution is 7.18. The number of rotatable bonds is 2. The Morgan fingerprint density at radius 3 is 3.10 bits per heavy atom. The summed E-state index contributed by atoms with van der Waals surface area (Å²) in [6.07, 6.45) is 5.18. The molecule has 2 aromatic rings. The monoisotopic (exact) mass is 303 g/mol. The summed E-state index contributed by atoms with van der Waals surface area (Å²) in [4.78, 5) is 13.7. The molecule has 4 heterocycles. The third kappa shape index (κ3) is 2.36. The van der Waals surface area contributed by atoms with E-state index in [0.29, 0.717) is 18.0 Å². The van der Waals surface area contributed by atoms with Gasteiger partial charge in [0.05, 0.1) is 5.39 Å². The standard InChI is InChI=1S/C15H21N5S/c1-9-8-10-13(18-15(16)19-14(10)21-9)17-11-5-7-20-6-3-2-4-12(11)20/h8,11-12H,2-7H2,1H3,(H3,16,17,18,19). The van der Waals surface area contributed by atoms with Gasteiger partial charge in [-0.2, -0.15) is 4.98 Å². The highest BCUT2D eigenvalue weighted by atomic mass is 32.1. The smallest absolute Gasteiger partial charge is 0.223 e. The van der Waals surface area contributed by atoms with Crippen LogP contribution in [-0.2, 0) is 0 Å². The van der Waals surface area contributed by atoms with E-state index in [4.69, 9.17) is 5.73 Å². The minimum absolute atomic E-state index is 0.366. The molecular formula is C15H21N5S. The fourth-order valence-corrected chi connectivity index (χ4v) is 4.65. The maximum absolute atomic E-state index is 5.87. The number of nitrogen functional groups attached to an aromatic ring is 1. The van der Waals surface area contributed by atoms with Gasteiger partial charge in [0.1, 0.15) is 10.6 Å². The van der Waals surface area contributed by atoms with E-state index in [2.05, 4.69) is 33.2 Å². The van der Waals surface area contributed by atoms with Crippen molar-refractivity contribution in [2.75, 3.05) is 24.1 Å². The number of hydrogen-bond donors (Lipinski definition) is 2. The summed E-state index contributed by atoms with van der Waals surface area (Å²) < 4.78 is 0. The first-order valence-corrected chi connectivity index (χ1v) is 8.56. The van der Waals surface area contributed by atoms with Crippen LogP contribution in [-0.4, -0.2) is 40.0 Å². The summed E-state index contributed by atoms with van der Waals surface area (Å²) >= 11 is 1.68. The Morgan fingerprint density at radius 2 is 2.19 bits per heavy atom. The van der Waals surface area contributed by atoms with Crippen molar-refractivity contribution in [3.8, 4) is 0 Å². The number of nitrogens with zero attached hydrogens (tertiary/aromatic N) is 3. The summed E-state index contributed by atoms with van der Waals surface area (Å²) in [5, 5.41) is 4.78. The number of nitrogens with one attached hydrogen (secondary N) is 1. The molecule has 3 N–H and O–H groups in total. The van der Waals surface area contributed by atoms with Gasteiger partial charge in [0.25, 0.3) is 0 Å². The lowest BCUT2D eigenvalue weighted by molar-refractivity contribution is 0.192. The van der Waals surface area contributed by atoms with Crippen LogP contribution >= 0.6 is 11.3 Å². The molecule has 0 aliphatic carbocycles. The van der Waals surface area contributed by atoms with Crippen molar-refractivity contribution in [2.24, 2.45) is 0 Å². The lowest BCUT2D eigenvalue weighted by Crippen LogP contribution is -2.41. The van der Waals surface area contributed by atoms with Gasteiger partial charge in [-0.05, 0) is 38.8 Å². The van der Waals surface area contributed by atoms with Gasteiger partial charge < -0.3 is 11.1 Å². The average molecular weight is 303 g/mol. The molecule has 2 aromatic heterocycles. The fraction of sp³-hybridized carbons (Fsp3) is 0.600. The quantitative estimate of drug-likeness (QED) is 0.892. The third-order valence-corrected chi connectivity index (χ3v) is 5.66. The lowest BCUT2D eigenvalue weighted by Gasteiger charge is -2.32. The maximum atomic E-state index is 5.87. The Balaban J connectivity index is 1.65. The van der Waals surface area contributed by atoms with Gasteiger partial charge in [-0.15, -0.1) is 11.3 Å². The molecule has 5 nitrogen and oxygen atoms in total. The minimum Gasteiger partial charge on any atom is -0.368 e. The summed E-state index contributed by atoms with van der Waals surface area (Å²) in [5.41, 5.74) is 5.87. The molecular weight excluding hydrogens is 282 g/mol. The largest absolute Gasteiger partial charge is 0.368 e. The Bertz CT molecular complexity index is 667. The second-order valence-corrected chi connectivity index (χ2v) is 7.38. The molecule has 4 rings (SSSR count). The zero-order valence-corrected chi connectivity index (χ0v) is 13.1. The number of fused-ring (bicyclic) bond motifs is 2. The van der Waals surface area contributed by atoms with Gasteiger partial charge in [0.15, 0.2) is 0 Å². The number of piperidine rings is 1. The summed E-state index contributed by atoms with van der Waals surface area (Å²) in [7, 11) is 0. The van der Waals surface area contributed by atoms with Crippen molar-refractivity contribution in [3.63, 3.8) is 0 Å². The highest BCUT2D eigenvalue weighted by Crippen LogP contribution is 2.33. The lowest BCUT2D eigenvalue weighted by atomic mass is 9.99. The molecule has 0 radical (unpaired) electrons. The Morgan fingerprint density at radius 1 is 1.29 bits per heavy atom. The number of anilines is 2. The topological polar surface area (TPSA) is 67.1 Å². The van der Waals surface area contributed by atoms with Crippen LogP contribution in [0.25, 0.3) is 10.2 Å². The normalized spacial score (nSPS) is 26.1. The second kappa shape index (κ2) is 5.10. The van der Waals surface area contributed by atoms with Crippen LogP contribution in [0.5, 0.6) is 0 Å². The van der Waals surface area contributed by atoms with Crippen LogP contribution in [0.3, 0.4) is 0 Å². The molecule has 2 saturated heterocycles. The van der Waals surface area contributed by atoms with E-state index in [1.165, 1.54) is 43.6 Å². The first-order chi connectivity index (χ1) is 10.2. The van der Waals surface area contributed by atoms with Gasteiger partial charge in [-0.25, -0.2) is 4.98 Å². The Labute approximate surface area is 128 Å². The molecule has 2 unspecified atom stereocenters. The molecule has 0 amide bonds. The number of aromatic nitrogens is 2. The van der Waals surface area contributed by atoms with Gasteiger partial charge in [-0.3, -0.25) is 4.90 Å². The van der Waals surface area contributed by atoms with Crippen LogP contribution in [0, 0.1) is 6.92 Å². The molecule has 0 saturated carbocycles. The highest BCUT2D eigenvalue weighted by Gasteiger charge is 2.35. The van der Waals surface area contributed by atoms with Crippen molar-refractivity contribution < 1.29 is 0 Å². The van der Waals surface area contributed by atoms with Gasteiger partial charge in [-0.1, -0.05) is 6.42 Å². The number of nitrogens with two attached hydrogens (primary N) is 1. The molecule has 2 fully saturated rings. The number of hydrogen-bond acceptors (Lipinski definition) is 6. The molecule has 2 atom stereocenters. The molecule has 112 valence electrons. The SMILES string of the molecule is Cc1cc2c(NC3CCN4CCCCC34)nc(N)nc2s1. The molecule has 0 aromatic carbocycles. The number of aryl methyl sites for hydroxylation is 1. The first kappa shape index (κ1) is 13.3. The Hall–Kier alpha value is -1.40. The van der Waals surface area contributed by atoms with E-state index in [9.17, 15) is 0 Å². The molecule has 0 bridgehead atoms. The Kier molecular flexibility index (Phi) is 3.23. The molecule has 21 heavy (non-hydrogen) atoms. The molecule has 2 aliphatic heterocycles. The second-order valence-electron chi connectivity index (χ2n) is 6.14. The van der Waals surface area contributed by atoms with E-state index < -0.39 is 0 Å². The van der Waals surface area contributed by atoms with Crippen molar-refractivity contribution in [1.82, 2.24) is 14.9 Å². The van der Waals surface area contributed by atoms with E-state index >= 15 is 0 Å². The third-order valence-electron chi connectivity index (χ3n) is 4.71. The van der Waals surface area contributed by atoms with Gasteiger partial charge >= 0.3 is 0 Å². The summed E-state index contributed by atoms with van der Waals surface area (Å²) in [5.74, 6) is 1.28. The van der Waals surface area contributed by atoms with Crippen molar-refractivity contribution in [2.45, 2.75) is 44.7 Å².